The molecule has 0 aliphatic heterocycles. The summed E-state index contributed by atoms with van der Waals surface area (Å²) >= 11 is 7.55. The third kappa shape index (κ3) is 4.93. The monoisotopic (exact) mass is 401 g/mol. The summed E-state index contributed by atoms with van der Waals surface area (Å²) in [4.78, 5) is 23.9. The molecule has 6 heteroatoms. The smallest absolute Gasteiger partial charge is 0.336 e. The van der Waals surface area contributed by atoms with Crippen molar-refractivity contribution < 1.29 is 9.21 Å². The van der Waals surface area contributed by atoms with Gasteiger partial charge < -0.3 is 9.73 Å². The van der Waals surface area contributed by atoms with Gasteiger partial charge in [0.15, 0.2) is 0 Å². The van der Waals surface area contributed by atoms with Gasteiger partial charge in [-0.05, 0) is 54.3 Å². The summed E-state index contributed by atoms with van der Waals surface area (Å²) in [6.07, 6.45) is 0. The van der Waals surface area contributed by atoms with E-state index in [1.807, 2.05) is 44.2 Å². The number of hydrogen-bond acceptors (Lipinski definition) is 4. The lowest BCUT2D eigenvalue weighted by molar-refractivity contribution is -0.118. The van der Waals surface area contributed by atoms with E-state index in [4.69, 9.17) is 16.0 Å². The zero-order chi connectivity index (χ0) is 19.4. The molecule has 4 nitrogen and oxygen atoms in total. The van der Waals surface area contributed by atoms with Gasteiger partial charge in [-0.3, -0.25) is 4.79 Å². The summed E-state index contributed by atoms with van der Waals surface area (Å²) in [6, 6.07) is 12.8. The summed E-state index contributed by atoms with van der Waals surface area (Å²) in [5.41, 5.74) is 4.20. The van der Waals surface area contributed by atoms with Crippen molar-refractivity contribution in [3.05, 3.63) is 80.2 Å². The van der Waals surface area contributed by atoms with E-state index in [0.717, 1.165) is 27.6 Å². The number of thioether (sulfide) groups is 1. The third-order valence-electron chi connectivity index (χ3n) is 4.37. The molecular formula is C21H20ClNO3S. The van der Waals surface area contributed by atoms with Crippen LogP contribution in [0.1, 0.15) is 22.3 Å². The van der Waals surface area contributed by atoms with E-state index in [1.54, 1.807) is 6.07 Å². The van der Waals surface area contributed by atoms with Crippen LogP contribution in [-0.2, 0) is 17.1 Å². The van der Waals surface area contributed by atoms with Crippen LogP contribution in [0.3, 0.4) is 0 Å². The molecule has 140 valence electrons. The molecule has 0 bridgehead atoms. The minimum Gasteiger partial charge on any atom is -0.423 e. The lowest BCUT2D eigenvalue weighted by Gasteiger charge is -2.09. The summed E-state index contributed by atoms with van der Waals surface area (Å²) in [5, 5.41) is 4.42. The van der Waals surface area contributed by atoms with Gasteiger partial charge >= 0.3 is 5.63 Å². The Hall–Kier alpha value is -2.24. The number of amides is 1. The van der Waals surface area contributed by atoms with E-state index in [-0.39, 0.29) is 11.5 Å². The molecule has 1 heterocycles. The number of rotatable bonds is 6. The second-order valence-corrected chi connectivity index (χ2v) is 7.78. The Kier molecular flexibility index (Phi) is 6.24. The van der Waals surface area contributed by atoms with Crippen LogP contribution >= 0.6 is 23.4 Å². The molecule has 0 atom stereocenters. The molecule has 1 N–H and O–H groups in total. The van der Waals surface area contributed by atoms with Gasteiger partial charge in [0.1, 0.15) is 5.58 Å². The second kappa shape index (κ2) is 8.63. The Morgan fingerprint density at radius 1 is 1.11 bits per heavy atom. The summed E-state index contributed by atoms with van der Waals surface area (Å²) in [7, 11) is 0. The van der Waals surface area contributed by atoms with Gasteiger partial charge in [-0.25, -0.2) is 4.79 Å². The molecule has 3 rings (SSSR count). The normalized spacial score (nSPS) is 10.9. The maximum Gasteiger partial charge on any atom is 0.336 e. The number of benzene rings is 2. The molecule has 0 fully saturated rings. The predicted octanol–water partition coefficient (Wildman–Crippen LogP) is 4.61. The van der Waals surface area contributed by atoms with Gasteiger partial charge in [-0.15, -0.1) is 11.8 Å². The molecule has 3 aromatic rings. The summed E-state index contributed by atoms with van der Waals surface area (Å²) in [6.45, 7) is 4.41. The van der Waals surface area contributed by atoms with Gasteiger partial charge in [0.05, 0.1) is 5.75 Å². The summed E-state index contributed by atoms with van der Waals surface area (Å²) in [5.74, 6) is 0.792. The molecule has 0 aliphatic carbocycles. The number of nitrogens with one attached hydrogen (secondary N) is 1. The van der Waals surface area contributed by atoms with E-state index in [0.29, 0.717) is 28.7 Å². The maximum absolute atomic E-state index is 12.1. The number of fused-ring (bicyclic) bond motifs is 1. The molecule has 0 saturated heterocycles. The highest BCUT2D eigenvalue weighted by Crippen LogP contribution is 2.24. The SMILES string of the molecule is Cc1cc2oc(=O)cc(CSCC(=O)NCc3ccccc3Cl)c2cc1C. The number of carbonyl (C=O) groups excluding carboxylic acids is 1. The Bertz CT molecular complexity index is 1050. The van der Waals surface area contributed by atoms with E-state index < -0.39 is 0 Å². The molecule has 0 unspecified atom stereocenters. The largest absolute Gasteiger partial charge is 0.423 e. The number of carbonyl (C=O) groups is 1. The first-order valence-corrected chi connectivity index (χ1v) is 10.1. The molecular weight excluding hydrogens is 382 g/mol. The first-order valence-electron chi connectivity index (χ1n) is 8.56. The minimum atomic E-state index is -0.371. The quantitative estimate of drug-likeness (QED) is 0.612. The van der Waals surface area contributed by atoms with Crippen LogP contribution in [0.2, 0.25) is 5.02 Å². The Labute approximate surface area is 166 Å². The van der Waals surface area contributed by atoms with Crippen LogP contribution < -0.4 is 10.9 Å². The van der Waals surface area contributed by atoms with Crippen LogP contribution in [-0.4, -0.2) is 11.7 Å². The molecule has 1 aromatic heterocycles. The van der Waals surface area contributed by atoms with Crippen molar-refractivity contribution in [3.8, 4) is 0 Å². The van der Waals surface area contributed by atoms with Crippen molar-refractivity contribution >= 4 is 40.2 Å². The van der Waals surface area contributed by atoms with E-state index in [2.05, 4.69) is 5.32 Å². The van der Waals surface area contributed by atoms with Gasteiger partial charge in [-0.1, -0.05) is 29.8 Å². The van der Waals surface area contributed by atoms with Crippen molar-refractivity contribution in [3.63, 3.8) is 0 Å². The molecule has 0 aliphatic rings. The van der Waals surface area contributed by atoms with Crippen molar-refractivity contribution in [1.29, 1.82) is 0 Å². The lowest BCUT2D eigenvalue weighted by atomic mass is 10.0. The summed E-state index contributed by atoms with van der Waals surface area (Å²) < 4.78 is 5.31. The highest BCUT2D eigenvalue weighted by atomic mass is 35.5. The minimum absolute atomic E-state index is 0.0702. The van der Waals surface area contributed by atoms with Crippen molar-refractivity contribution in [1.82, 2.24) is 5.32 Å². The van der Waals surface area contributed by atoms with Gasteiger partial charge in [0.2, 0.25) is 5.91 Å². The van der Waals surface area contributed by atoms with Crippen LogP contribution in [0, 0.1) is 13.8 Å². The highest BCUT2D eigenvalue weighted by Gasteiger charge is 2.09. The zero-order valence-corrected chi connectivity index (χ0v) is 16.7. The molecule has 0 spiro atoms. The fraction of sp³-hybridized carbons (Fsp3) is 0.238. The van der Waals surface area contributed by atoms with Crippen molar-refractivity contribution in [2.75, 3.05) is 5.75 Å². The number of halogens is 1. The Balaban J connectivity index is 1.62. The van der Waals surface area contributed by atoms with E-state index in [9.17, 15) is 9.59 Å². The number of aryl methyl sites for hydroxylation is 2. The Morgan fingerprint density at radius 3 is 2.63 bits per heavy atom. The topological polar surface area (TPSA) is 59.3 Å². The molecule has 0 saturated carbocycles. The lowest BCUT2D eigenvalue weighted by Crippen LogP contribution is -2.24. The Morgan fingerprint density at radius 2 is 1.85 bits per heavy atom. The van der Waals surface area contributed by atoms with E-state index in [1.165, 1.54) is 17.8 Å². The van der Waals surface area contributed by atoms with Gasteiger partial charge in [-0.2, -0.15) is 0 Å². The standard InChI is InChI=1S/C21H20ClNO3S/c1-13-7-17-16(9-21(25)26-19(17)8-14(13)2)11-27-12-20(24)23-10-15-5-3-4-6-18(15)22/h3-9H,10-12H2,1-2H3,(H,23,24). The molecule has 0 radical (unpaired) electrons. The maximum atomic E-state index is 12.1. The van der Waals surface area contributed by atoms with E-state index >= 15 is 0 Å². The van der Waals surface area contributed by atoms with Crippen LogP contribution in [0.15, 0.2) is 51.7 Å². The zero-order valence-electron chi connectivity index (χ0n) is 15.2. The van der Waals surface area contributed by atoms with Crippen molar-refractivity contribution in [2.24, 2.45) is 0 Å². The van der Waals surface area contributed by atoms with Gasteiger partial charge in [0.25, 0.3) is 0 Å². The fourth-order valence-electron chi connectivity index (χ4n) is 2.74. The van der Waals surface area contributed by atoms with Crippen molar-refractivity contribution in [2.45, 2.75) is 26.1 Å². The first-order chi connectivity index (χ1) is 12.9. The molecule has 1 amide bonds. The van der Waals surface area contributed by atoms with Crippen LogP contribution in [0.5, 0.6) is 0 Å². The molecule has 27 heavy (non-hydrogen) atoms. The first kappa shape index (κ1) is 19.5. The van der Waals surface area contributed by atoms with Crippen LogP contribution in [0.4, 0.5) is 0 Å². The molecule has 2 aromatic carbocycles. The third-order valence-corrected chi connectivity index (χ3v) is 5.72. The predicted molar refractivity (Wildman–Crippen MR) is 111 cm³/mol. The average Bonchev–Trinajstić information content (AvgIpc) is 2.62. The van der Waals surface area contributed by atoms with Crippen LogP contribution in [0.25, 0.3) is 11.0 Å². The van der Waals surface area contributed by atoms with Gasteiger partial charge in [0, 0.05) is 28.8 Å². The highest BCUT2D eigenvalue weighted by molar-refractivity contribution is 7.99. The second-order valence-electron chi connectivity index (χ2n) is 6.38. The number of hydrogen-bond donors (Lipinski definition) is 1. The fourth-order valence-corrected chi connectivity index (χ4v) is 3.79. The average molecular weight is 402 g/mol.